The summed E-state index contributed by atoms with van der Waals surface area (Å²) in [7, 11) is 0. The molecule has 0 bridgehead atoms. The van der Waals surface area contributed by atoms with Crippen LogP contribution in [-0.2, 0) is 4.79 Å². The Hall–Kier alpha value is -1.14. The van der Waals surface area contributed by atoms with Crippen LogP contribution in [0.15, 0.2) is 0 Å². The van der Waals surface area contributed by atoms with E-state index in [2.05, 4.69) is 20.4 Å². The molecule has 6 nitrogen and oxygen atoms in total. The number of hydrogen-bond acceptors (Lipinski definition) is 4. The Morgan fingerprint density at radius 2 is 1.77 bits per heavy atom. The van der Waals surface area contributed by atoms with Gasteiger partial charge in [-0.3, -0.25) is 15.0 Å². The Kier molecular flexibility index (Phi) is 6.64. The topological polar surface area (TPSA) is 64.7 Å². The number of nitrogens with one attached hydrogen (secondary N) is 2. The fourth-order valence-electron chi connectivity index (χ4n) is 3.44. The maximum atomic E-state index is 12.1. The van der Waals surface area contributed by atoms with Crippen LogP contribution in [0.2, 0.25) is 0 Å². The van der Waals surface area contributed by atoms with Gasteiger partial charge < -0.3 is 10.2 Å². The van der Waals surface area contributed by atoms with Crippen LogP contribution in [0.5, 0.6) is 0 Å². The van der Waals surface area contributed by atoms with E-state index in [0.717, 1.165) is 31.8 Å². The van der Waals surface area contributed by atoms with Crippen LogP contribution in [0, 0.1) is 5.92 Å². The SMILES string of the molecule is CCNC(=O)NC(=O)C(C)N1CCC(CN2CCCC2)CC1. The number of likely N-dealkylation sites (tertiary alicyclic amines) is 2. The maximum absolute atomic E-state index is 12.1. The van der Waals surface area contributed by atoms with Crippen molar-refractivity contribution in [2.24, 2.45) is 5.92 Å². The molecule has 0 aromatic carbocycles. The summed E-state index contributed by atoms with van der Waals surface area (Å²) in [4.78, 5) is 28.2. The number of hydrogen-bond donors (Lipinski definition) is 2. The largest absolute Gasteiger partial charge is 0.338 e. The molecule has 0 spiro atoms. The summed E-state index contributed by atoms with van der Waals surface area (Å²) in [6.07, 6.45) is 4.98. The number of piperidine rings is 1. The second kappa shape index (κ2) is 8.48. The van der Waals surface area contributed by atoms with Crippen molar-refractivity contribution in [2.75, 3.05) is 39.3 Å². The molecule has 2 heterocycles. The first-order valence-corrected chi connectivity index (χ1v) is 8.65. The molecule has 0 aliphatic carbocycles. The minimum absolute atomic E-state index is 0.205. The lowest BCUT2D eigenvalue weighted by atomic mass is 9.95. The summed E-state index contributed by atoms with van der Waals surface area (Å²) in [6, 6.07) is -0.640. The van der Waals surface area contributed by atoms with E-state index < -0.39 is 6.03 Å². The number of carbonyl (C=O) groups is 2. The molecule has 0 aromatic heterocycles. The molecule has 6 heteroatoms. The Balaban J connectivity index is 1.70. The average molecular weight is 310 g/mol. The van der Waals surface area contributed by atoms with Gasteiger partial charge in [-0.15, -0.1) is 0 Å². The van der Waals surface area contributed by atoms with Gasteiger partial charge in [-0.1, -0.05) is 0 Å². The van der Waals surface area contributed by atoms with Crippen LogP contribution in [0.25, 0.3) is 0 Å². The normalized spacial score (nSPS) is 22.5. The number of carbonyl (C=O) groups excluding carboxylic acids is 2. The molecule has 2 rings (SSSR count). The van der Waals surface area contributed by atoms with Crippen molar-refractivity contribution in [3.63, 3.8) is 0 Å². The van der Waals surface area contributed by atoms with E-state index >= 15 is 0 Å². The Morgan fingerprint density at radius 1 is 1.14 bits per heavy atom. The second-order valence-electron chi connectivity index (χ2n) is 6.51. The van der Waals surface area contributed by atoms with Crippen molar-refractivity contribution < 1.29 is 9.59 Å². The van der Waals surface area contributed by atoms with Gasteiger partial charge in [-0.2, -0.15) is 0 Å². The molecule has 2 N–H and O–H groups in total. The molecule has 2 aliphatic rings. The highest BCUT2D eigenvalue weighted by atomic mass is 16.2. The van der Waals surface area contributed by atoms with Gasteiger partial charge in [0.2, 0.25) is 5.91 Å². The molecule has 1 unspecified atom stereocenters. The lowest BCUT2D eigenvalue weighted by Gasteiger charge is -2.36. The standard InChI is InChI=1S/C16H30N4O2/c1-3-17-16(22)18-15(21)13(2)20-10-6-14(7-11-20)12-19-8-4-5-9-19/h13-14H,3-12H2,1-2H3,(H2,17,18,21,22). The molecule has 126 valence electrons. The van der Waals surface area contributed by atoms with Crippen LogP contribution in [0.3, 0.4) is 0 Å². The molecule has 0 saturated carbocycles. The van der Waals surface area contributed by atoms with Crippen LogP contribution in [0.4, 0.5) is 4.79 Å². The van der Waals surface area contributed by atoms with Crippen molar-refractivity contribution in [3.05, 3.63) is 0 Å². The summed E-state index contributed by atoms with van der Waals surface area (Å²) in [5.74, 6) is 0.553. The van der Waals surface area contributed by atoms with Crippen LogP contribution < -0.4 is 10.6 Å². The van der Waals surface area contributed by atoms with E-state index in [0.29, 0.717) is 6.54 Å². The van der Waals surface area contributed by atoms with Gasteiger partial charge in [-0.25, -0.2) is 4.79 Å². The summed E-state index contributed by atoms with van der Waals surface area (Å²) in [5, 5.41) is 5.00. The molecule has 2 saturated heterocycles. The number of nitrogens with zero attached hydrogens (tertiary/aromatic N) is 2. The van der Waals surface area contributed by atoms with E-state index in [9.17, 15) is 9.59 Å². The second-order valence-corrected chi connectivity index (χ2v) is 6.51. The number of imide groups is 1. The molecule has 3 amide bonds. The zero-order chi connectivity index (χ0) is 15.9. The molecule has 0 aromatic rings. The van der Waals surface area contributed by atoms with E-state index in [1.54, 1.807) is 0 Å². The predicted molar refractivity (Wildman–Crippen MR) is 86.6 cm³/mol. The maximum Gasteiger partial charge on any atom is 0.321 e. The van der Waals surface area contributed by atoms with Gasteiger partial charge >= 0.3 is 6.03 Å². The number of urea groups is 1. The third-order valence-electron chi connectivity index (χ3n) is 4.87. The smallest absolute Gasteiger partial charge is 0.321 e. The van der Waals surface area contributed by atoms with Crippen molar-refractivity contribution in [2.45, 2.75) is 45.6 Å². The number of amides is 3. The van der Waals surface area contributed by atoms with Crippen LogP contribution in [-0.4, -0.2) is 67.0 Å². The van der Waals surface area contributed by atoms with E-state index in [1.165, 1.54) is 32.5 Å². The Labute approximate surface area is 133 Å². The molecule has 2 aliphatic heterocycles. The molecule has 22 heavy (non-hydrogen) atoms. The molecule has 2 fully saturated rings. The van der Waals surface area contributed by atoms with Gasteiger partial charge in [0.15, 0.2) is 0 Å². The highest BCUT2D eigenvalue weighted by Gasteiger charge is 2.28. The minimum Gasteiger partial charge on any atom is -0.338 e. The van der Waals surface area contributed by atoms with Crippen molar-refractivity contribution in [1.82, 2.24) is 20.4 Å². The first kappa shape index (κ1) is 17.2. The summed E-state index contributed by atoms with van der Waals surface area (Å²) < 4.78 is 0. The van der Waals surface area contributed by atoms with Crippen LogP contribution >= 0.6 is 0 Å². The van der Waals surface area contributed by atoms with E-state index in [4.69, 9.17) is 0 Å². The average Bonchev–Trinajstić information content (AvgIpc) is 3.00. The van der Waals surface area contributed by atoms with E-state index in [1.807, 2.05) is 13.8 Å². The van der Waals surface area contributed by atoms with Gasteiger partial charge in [0.05, 0.1) is 6.04 Å². The molecule has 0 radical (unpaired) electrons. The van der Waals surface area contributed by atoms with Crippen molar-refractivity contribution in [1.29, 1.82) is 0 Å². The fraction of sp³-hybridized carbons (Fsp3) is 0.875. The first-order chi connectivity index (χ1) is 10.6. The zero-order valence-corrected chi connectivity index (χ0v) is 13.9. The van der Waals surface area contributed by atoms with Gasteiger partial charge in [0.1, 0.15) is 0 Å². The third-order valence-corrected chi connectivity index (χ3v) is 4.87. The minimum atomic E-state index is -0.400. The summed E-state index contributed by atoms with van der Waals surface area (Å²) in [6.45, 7) is 9.86. The molecular weight excluding hydrogens is 280 g/mol. The van der Waals surface area contributed by atoms with Crippen molar-refractivity contribution >= 4 is 11.9 Å². The fourth-order valence-corrected chi connectivity index (χ4v) is 3.44. The molecular formula is C16H30N4O2. The zero-order valence-electron chi connectivity index (χ0n) is 13.9. The van der Waals surface area contributed by atoms with Gasteiger partial charge in [-0.05, 0) is 71.6 Å². The quantitative estimate of drug-likeness (QED) is 0.796. The summed E-state index contributed by atoms with van der Waals surface area (Å²) in [5.41, 5.74) is 0. The van der Waals surface area contributed by atoms with Crippen molar-refractivity contribution in [3.8, 4) is 0 Å². The lowest BCUT2D eigenvalue weighted by Crippen LogP contribution is -2.52. The van der Waals surface area contributed by atoms with Gasteiger partial charge in [0, 0.05) is 13.1 Å². The van der Waals surface area contributed by atoms with Gasteiger partial charge in [0.25, 0.3) is 0 Å². The molecule has 1 atom stereocenters. The summed E-state index contributed by atoms with van der Waals surface area (Å²) >= 11 is 0. The first-order valence-electron chi connectivity index (χ1n) is 8.65. The lowest BCUT2D eigenvalue weighted by molar-refractivity contribution is -0.125. The van der Waals surface area contributed by atoms with Crippen LogP contribution in [0.1, 0.15) is 39.5 Å². The monoisotopic (exact) mass is 310 g/mol. The number of rotatable bonds is 5. The Bertz CT molecular complexity index is 374. The predicted octanol–water partition coefficient (Wildman–Crippen LogP) is 1.03. The Morgan fingerprint density at radius 3 is 2.36 bits per heavy atom. The highest BCUT2D eigenvalue weighted by molar-refractivity contribution is 5.96. The van der Waals surface area contributed by atoms with E-state index in [-0.39, 0.29) is 11.9 Å². The third kappa shape index (κ3) is 4.95. The highest BCUT2D eigenvalue weighted by Crippen LogP contribution is 2.21.